The molecule has 5 heteroatoms. The summed E-state index contributed by atoms with van der Waals surface area (Å²) in [6, 6.07) is 0. The molecule has 0 fully saturated rings. The first-order chi connectivity index (χ1) is 5.77. The Morgan fingerprint density at radius 3 is 1.87 bits per heavy atom. The minimum absolute atomic E-state index is 0. The third kappa shape index (κ3) is 26.5. The van der Waals surface area contributed by atoms with Gasteiger partial charge in [0.1, 0.15) is 0 Å². The Morgan fingerprint density at radius 2 is 1.47 bits per heavy atom. The van der Waals surface area contributed by atoms with Crippen LogP contribution in [0.25, 0.3) is 0 Å². The first-order valence-corrected chi connectivity index (χ1v) is 4.99. The molecule has 0 rings (SSSR count). The van der Waals surface area contributed by atoms with Gasteiger partial charge in [-0.15, -0.1) is 0 Å². The van der Waals surface area contributed by atoms with Crippen molar-refractivity contribution in [3.8, 4) is 0 Å². The molecule has 0 radical (unpaired) electrons. The van der Waals surface area contributed by atoms with E-state index >= 15 is 0 Å². The molecule has 0 spiro atoms. The van der Waals surface area contributed by atoms with Gasteiger partial charge in [-0.2, -0.15) is 0 Å². The first-order valence-electron chi connectivity index (χ1n) is 4.99. The summed E-state index contributed by atoms with van der Waals surface area (Å²) in [5.41, 5.74) is 0. The molecule has 0 unspecified atom stereocenters. The number of carboxylic acids is 1. The molecule has 0 aromatic rings. The van der Waals surface area contributed by atoms with Crippen LogP contribution in [0, 0.1) is 0 Å². The normalized spacial score (nSPS) is 8.07. The molecule has 1 N–H and O–H groups in total. The average molecular weight is 362 g/mol. The van der Waals surface area contributed by atoms with Gasteiger partial charge in [-0.05, 0) is 6.42 Å². The quantitative estimate of drug-likeness (QED) is 0.266. The second kappa shape index (κ2) is 22.1. The van der Waals surface area contributed by atoms with Crippen molar-refractivity contribution in [2.45, 2.75) is 58.3 Å². The van der Waals surface area contributed by atoms with Crippen LogP contribution in [0.15, 0.2) is 0 Å². The van der Waals surface area contributed by atoms with Crippen LogP contribution < -0.4 is 105 Å². The Labute approximate surface area is 177 Å². The predicted molar refractivity (Wildman–Crippen MR) is 51.4 cm³/mol. The van der Waals surface area contributed by atoms with Gasteiger partial charge in [0.05, 0.1) is 0 Å². The topological polar surface area (TPSA) is 37.3 Å². The van der Waals surface area contributed by atoms with Gasteiger partial charge in [0.25, 0.3) is 0 Å². The Morgan fingerprint density at radius 1 is 1.07 bits per heavy atom. The Balaban J connectivity index is -0.000000101. The number of hydrogen-bond donors (Lipinski definition) is 1. The van der Waals surface area contributed by atoms with Crippen LogP contribution in [0.3, 0.4) is 0 Å². The summed E-state index contributed by atoms with van der Waals surface area (Å²) in [5.74, 6) is -0.663. The first kappa shape index (κ1) is 26.4. The minimum Gasteiger partial charge on any atom is -1.00 e. The van der Waals surface area contributed by atoms with Gasteiger partial charge in [-0.1, -0.05) is 45.4 Å². The summed E-state index contributed by atoms with van der Waals surface area (Å²) in [6.45, 7) is 2.20. The molecule has 0 aromatic carbocycles. The molecule has 0 aliphatic carbocycles. The van der Waals surface area contributed by atoms with Crippen LogP contribution >= 0.6 is 0 Å². The maximum Gasteiger partial charge on any atom is 1.00 e. The summed E-state index contributed by atoms with van der Waals surface area (Å²) in [4.78, 5) is 10.1. The fourth-order valence-corrected chi connectivity index (χ4v) is 1.23. The molecule has 0 aliphatic rings. The van der Waals surface area contributed by atoms with E-state index in [1.807, 2.05) is 0 Å². The second-order valence-corrected chi connectivity index (χ2v) is 3.27. The smallest absolute Gasteiger partial charge is 1.00 e. The maximum absolute atomic E-state index is 10.1. The van der Waals surface area contributed by atoms with Crippen molar-refractivity contribution in [1.29, 1.82) is 0 Å². The van der Waals surface area contributed by atoms with Crippen molar-refractivity contribution in [1.82, 2.24) is 0 Å². The zero-order valence-electron chi connectivity index (χ0n) is 11.4. The SMILES string of the molecule is CCCCCCCCCC(=O)O.[H-].[I-].[K+].[Na+]. The van der Waals surface area contributed by atoms with Gasteiger partial charge < -0.3 is 30.5 Å². The number of carbonyl (C=O) groups is 1. The summed E-state index contributed by atoms with van der Waals surface area (Å²) in [7, 11) is 0. The van der Waals surface area contributed by atoms with Gasteiger partial charge in [-0.25, -0.2) is 0 Å². The number of halogens is 1. The monoisotopic (exact) mass is 362 g/mol. The molecule has 0 heterocycles. The fourth-order valence-electron chi connectivity index (χ4n) is 1.23. The standard InChI is InChI=1S/C10H20O2.HI.K.Na.H/c1-2-3-4-5-6-7-8-9-10(11)12;;;;/h2-9H2,1H3,(H,11,12);1H;;;/q;;2*+1;-1/p-1. The second-order valence-electron chi connectivity index (χ2n) is 3.27. The van der Waals surface area contributed by atoms with Crippen LogP contribution in [0.1, 0.15) is 59.7 Å². The van der Waals surface area contributed by atoms with E-state index in [9.17, 15) is 4.79 Å². The molecule has 0 bridgehead atoms. The number of carboxylic acid groups (broad SMARTS) is 1. The number of hydrogen-bond acceptors (Lipinski definition) is 1. The summed E-state index contributed by atoms with van der Waals surface area (Å²) < 4.78 is 0. The van der Waals surface area contributed by atoms with Gasteiger partial charge in [0.2, 0.25) is 0 Å². The zero-order valence-corrected chi connectivity index (χ0v) is 17.7. The molecular weight excluding hydrogens is 341 g/mol. The third-order valence-corrected chi connectivity index (χ3v) is 1.99. The summed E-state index contributed by atoms with van der Waals surface area (Å²) in [5, 5.41) is 8.35. The molecule has 15 heavy (non-hydrogen) atoms. The molecule has 0 atom stereocenters. The van der Waals surface area contributed by atoms with Crippen molar-refractivity contribution in [2.24, 2.45) is 0 Å². The molecule has 82 valence electrons. The number of unbranched alkanes of at least 4 members (excludes halogenated alkanes) is 6. The van der Waals surface area contributed by atoms with Crippen LogP contribution in [-0.2, 0) is 4.79 Å². The Bertz CT molecular complexity index is 131. The van der Waals surface area contributed by atoms with Gasteiger partial charge in [-0.3, -0.25) is 4.79 Å². The van der Waals surface area contributed by atoms with Crippen molar-refractivity contribution in [3.05, 3.63) is 0 Å². The van der Waals surface area contributed by atoms with Crippen molar-refractivity contribution >= 4 is 5.97 Å². The van der Waals surface area contributed by atoms with E-state index in [1.165, 1.54) is 32.1 Å². The van der Waals surface area contributed by atoms with Crippen LogP contribution in [0.5, 0.6) is 0 Å². The fraction of sp³-hybridized carbons (Fsp3) is 0.900. The predicted octanol–water partition coefficient (Wildman–Crippen LogP) is -5.66. The van der Waals surface area contributed by atoms with Crippen LogP contribution in [-0.4, -0.2) is 11.1 Å². The van der Waals surface area contributed by atoms with Gasteiger partial charge >= 0.3 is 86.9 Å². The van der Waals surface area contributed by atoms with E-state index in [0.29, 0.717) is 6.42 Å². The largest absolute Gasteiger partial charge is 1.00 e. The third-order valence-electron chi connectivity index (χ3n) is 1.99. The molecule has 0 aromatic heterocycles. The van der Waals surface area contributed by atoms with E-state index in [-0.39, 0.29) is 106 Å². The van der Waals surface area contributed by atoms with Gasteiger partial charge in [0.15, 0.2) is 0 Å². The average Bonchev–Trinajstić information content (AvgIpc) is 2.02. The molecule has 0 saturated carbocycles. The summed E-state index contributed by atoms with van der Waals surface area (Å²) >= 11 is 0. The van der Waals surface area contributed by atoms with Crippen LogP contribution in [0.4, 0.5) is 0 Å². The van der Waals surface area contributed by atoms with Crippen molar-refractivity contribution in [2.75, 3.05) is 0 Å². The molecule has 0 aliphatic heterocycles. The van der Waals surface area contributed by atoms with E-state index in [1.54, 1.807) is 0 Å². The van der Waals surface area contributed by atoms with Crippen LogP contribution in [0.2, 0.25) is 0 Å². The van der Waals surface area contributed by atoms with E-state index in [0.717, 1.165) is 12.8 Å². The molecule has 2 nitrogen and oxygen atoms in total. The molecular formula is C10H21IKNaO2. The van der Waals surface area contributed by atoms with E-state index in [2.05, 4.69) is 6.92 Å². The molecule has 0 amide bonds. The number of aliphatic carboxylic acids is 1. The number of rotatable bonds is 8. The maximum atomic E-state index is 10.1. The van der Waals surface area contributed by atoms with Crippen molar-refractivity contribution < 1.29 is 116 Å². The van der Waals surface area contributed by atoms with E-state index in [4.69, 9.17) is 5.11 Å². The summed E-state index contributed by atoms with van der Waals surface area (Å²) in [6.07, 6.45) is 8.64. The minimum atomic E-state index is -0.663. The Kier molecular flexibility index (Phi) is 38.8. The van der Waals surface area contributed by atoms with Gasteiger partial charge in [0, 0.05) is 6.42 Å². The molecule has 0 saturated heterocycles. The van der Waals surface area contributed by atoms with E-state index < -0.39 is 5.97 Å². The Hall–Kier alpha value is 2.84. The van der Waals surface area contributed by atoms with Crippen molar-refractivity contribution in [3.63, 3.8) is 0 Å². The zero-order chi connectivity index (χ0) is 9.23.